The molecule has 1 fully saturated rings. The molecule has 0 aromatic heterocycles. The smallest absolute Gasteiger partial charge is 0.344 e. The number of halogens is 1. The summed E-state index contributed by atoms with van der Waals surface area (Å²) in [6, 6.07) is 5.54. The Hall–Kier alpha value is -1.62. The lowest BCUT2D eigenvalue weighted by molar-refractivity contribution is -0.151. The molecule has 0 N–H and O–H groups in total. The maximum atomic E-state index is 12.7. The molecule has 110 valence electrons. The van der Waals surface area contributed by atoms with Crippen molar-refractivity contribution in [3.63, 3.8) is 0 Å². The molecule has 0 saturated carbocycles. The normalized spacial score (nSPS) is 16.9. The average Bonchev–Trinajstić information content (AvgIpc) is 2.90. The van der Waals surface area contributed by atoms with E-state index < -0.39 is 5.97 Å². The fourth-order valence-electron chi connectivity index (χ4n) is 2.30. The molecule has 0 unspecified atom stereocenters. The van der Waals surface area contributed by atoms with Gasteiger partial charge in [-0.1, -0.05) is 0 Å². The molecule has 5 heteroatoms. The molecule has 2 rings (SSSR count). The van der Waals surface area contributed by atoms with Crippen LogP contribution in [-0.4, -0.2) is 43.2 Å². The predicted octanol–water partition coefficient (Wildman–Crippen LogP) is 2.23. The van der Waals surface area contributed by atoms with E-state index in [0.29, 0.717) is 5.75 Å². The number of carbonyl (C=O) groups excluding carboxylic acids is 1. The quantitative estimate of drug-likeness (QED) is 0.750. The summed E-state index contributed by atoms with van der Waals surface area (Å²) < 4.78 is 23.2. The van der Waals surface area contributed by atoms with Crippen molar-refractivity contribution in [2.45, 2.75) is 25.9 Å². The van der Waals surface area contributed by atoms with Crippen LogP contribution in [-0.2, 0) is 9.53 Å². The summed E-state index contributed by atoms with van der Waals surface area (Å²) in [5.74, 6) is -0.282. The molecule has 4 nitrogen and oxygen atoms in total. The maximum absolute atomic E-state index is 12.7. The van der Waals surface area contributed by atoms with Gasteiger partial charge in [0.1, 0.15) is 17.7 Å². The second-order valence-electron chi connectivity index (χ2n) is 5.05. The minimum Gasteiger partial charge on any atom is -0.482 e. The number of benzene rings is 1. The van der Waals surface area contributed by atoms with Gasteiger partial charge in [-0.2, -0.15) is 0 Å². The fraction of sp³-hybridized carbons (Fsp3) is 0.533. The van der Waals surface area contributed by atoms with Crippen molar-refractivity contribution in [3.8, 4) is 5.75 Å². The Morgan fingerprint density at radius 1 is 1.30 bits per heavy atom. The van der Waals surface area contributed by atoms with Crippen LogP contribution < -0.4 is 4.74 Å². The van der Waals surface area contributed by atoms with Gasteiger partial charge in [-0.25, -0.2) is 9.18 Å². The van der Waals surface area contributed by atoms with Crippen molar-refractivity contribution in [2.75, 3.05) is 26.2 Å². The van der Waals surface area contributed by atoms with Crippen LogP contribution >= 0.6 is 0 Å². The monoisotopic (exact) mass is 281 g/mol. The van der Waals surface area contributed by atoms with Crippen LogP contribution in [0.1, 0.15) is 19.8 Å². The summed E-state index contributed by atoms with van der Waals surface area (Å²) in [5, 5.41) is 0. The molecule has 1 aliphatic heterocycles. The number of ether oxygens (including phenoxy) is 2. The molecule has 1 aliphatic rings. The molecule has 0 bridgehead atoms. The van der Waals surface area contributed by atoms with Crippen molar-refractivity contribution < 1.29 is 18.7 Å². The van der Waals surface area contributed by atoms with Gasteiger partial charge in [0.25, 0.3) is 0 Å². The predicted molar refractivity (Wildman–Crippen MR) is 73.1 cm³/mol. The summed E-state index contributed by atoms with van der Waals surface area (Å²) in [4.78, 5) is 13.9. The Balaban J connectivity index is 1.67. The summed E-state index contributed by atoms with van der Waals surface area (Å²) in [6.07, 6.45) is 2.29. The second kappa shape index (κ2) is 7.24. The lowest BCUT2D eigenvalue weighted by atomic mass is 10.3. The van der Waals surface area contributed by atoms with Gasteiger partial charge in [-0.3, -0.25) is 4.90 Å². The van der Waals surface area contributed by atoms with E-state index in [-0.39, 0.29) is 18.5 Å². The van der Waals surface area contributed by atoms with Crippen LogP contribution in [0, 0.1) is 5.82 Å². The third-order valence-corrected chi connectivity index (χ3v) is 3.22. The van der Waals surface area contributed by atoms with Gasteiger partial charge in [0, 0.05) is 6.54 Å². The highest BCUT2D eigenvalue weighted by Crippen LogP contribution is 2.12. The standard InChI is InChI=1S/C15H20FNO3/c1-12(10-17-8-2-3-9-17)20-15(18)11-19-14-6-4-13(16)5-7-14/h4-7,12H,2-3,8-11H2,1H3/t12-/m1/s1. The van der Waals surface area contributed by atoms with E-state index >= 15 is 0 Å². The number of esters is 1. The first-order chi connectivity index (χ1) is 9.63. The highest BCUT2D eigenvalue weighted by atomic mass is 19.1. The van der Waals surface area contributed by atoms with Crippen LogP contribution in [0.15, 0.2) is 24.3 Å². The van der Waals surface area contributed by atoms with Crippen LogP contribution in [0.5, 0.6) is 5.75 Å². The van der Waals surface area contributed by atoms with Gasteiger partial charge in [0.2, 0.25) is 0 Å². The minimum absolute atomic E-state index is 0.141. The van der Waals surface area contributed by atoms with Gasteiger partial charge in [0.05, 0.1) is 0 Å². The molecular weight excluding hydrogens is 261 g/mol. The van der Waals surface area contributed by atoms with Gasteiger partial charge in [-0.15, -0.1) is 0 Å². The zero-order valence-electron chi connectivity index (χ0n) is 11.7. The number of hydrogen-bond acceptors (Lipinski definition) is 4. The lowest BCUT2D eigenvalue weighted by Crippen LogP contribution is -2.32. The number of rotatable bonds is 6. The number of likely N-dealkylation sites (tertiary alicyclic amines) is 1. The first-order valence-electron chi connectivity index (χ1n) is 6.93. The Bertz CT molecular complexity index is 429. The van der Waals surface area contributed by atoms with E-state index in [0.717, 1.165) is 19.6 Å². The molecule has 0 radical (unpaired) electrons. The van der Waals surface area contributed by atoms with E-state index in [1.165, 1.54) is 37.1 Å². The van der Waals surface area contributed by atoms with Crippen LogP contribution in [0.4, 0.5) is 4.39 Å². The van der Waals surface area contributed by atoms with E-state index in [1.807, 2.05) is 6.92 Å². The highest BCUT2D eigenvalue weighted by molar-refractivity contribution is 5.71. The van der Waals surface area contributed by atoms with Crippen molar-refractivity contribution in [1.82, 2.24) is 4.90 Å². The van der Waals surface area contributed by atoms with Crippen molar-refractivity contribution in [2.24, 2.45) is 0 Å². The van der Waals surface area contributed by atoms with E-state index in [1.54, 1.807) is 0 Å². The summed E-state index contributed by atoms with van der Waals surface area (Å²) in [5.41, 5.74) is 0. The molecule has 20 heavy (non-hydrogen) atoms. The topological polar surface area (TPSA) is 38.8 Å². The largest absolute Gasteiger partial charge is 0.482 e. The SMILES string of the molecule is C[C@H](CN1CCCC1)OC(=O)COc1ccc(F)cc1. The third kappa shape index (κ3) is 4.81. The summed E-state index contributed by atoms with van der Waals surface area (Å²) >= 11 is 0. The molecular formula is C15H20FNO3. The van der Waals surface area contributed by atoms with Crippen LogP contribution in [0.2, 0.25) is 0 Å². The summed E-state index contributed by atoms with van der Waals surface area (Å²) in [6.45, 7) is 4.65. The van der Waals surface area contributed by atoms with Crippen LogP contribution in [0.3, 0.4) is 0 Å². The van der Waals surface area contributed by atoms with E-state index in [2.05, 4.69) is 4.90 Å². The second-order valence-corrected chi connectivity index (χ2v) is 5.05. The lowest BCUT2D eigenvalue weighted by Gasteiger charge is -2.20. The third-order valence-electron chi connectivity index (χ3n) is 3.22. The molecule has 0 amide bonds. The minimum atomic E-state index is -0.402. The maximum Gasteiger partial charge on any atom is 0.344 e. The Kier molecular flexibility index (Phi) is 5.35. The fourth-order valence-corrected chi connectivity index (χ4v) is 2.30. The van der Waals surface area contributed by atoms with E-state index in [4.69, 9.17) is 9.47 Å². The first-order valence-corrected chi connectivity index (χ1v) is 6.93. The number of nitrogens with zero attached hydrogens (tertiary/aromatic N) is 1. The Labute approximate surface area is 118 Å². The van der Waals surface area contributed by atoms with Gasteiger partial charge < -0.3 is 9.47 Å². The highest BCUT2D eigenvalue weighted by Gasteiger charge is 2.17. The number of carbonyl (C=O) groups is 1. The molecule has 1 aromatic rings. The average molecular weight is 281 g/mol. The summed E-state index contributed by atoms with van der Waals surface area (Å²) in [7, 11) is 0. The first kappa shape index (κ1) is 14.8. The Morgan fingerprint density at radius 3 is 2.60 bits per heavy atom. The van der Waals surface area contributed by atoms with E-state index in [9.17, 15) is 9.18 Å². The van der Waals surface area contributed by atoms with Crippen molar-refractivity contribution in [3.05, 3.63) is 30.1 Å². The van der Waals surface area contributed by atoms with Gasteiger partial charge in [-0.05, 0) is 57.1 Å². The van der Waals surface area contributed by atoms with Gasteiger partial charge >= 0.3 is 5.97 Å². The van der Waals surface area contributed by atoms with Crippen molar-refractivity contribution in [1.29, 1.82) is 0 Å². The zero-order chi connectivity index (χ0) is 14.4. The number of hydrogen-bond donors (Lipinski definition) is 0. The Morgan fingerprint density at radius 2 is 1.95 bits per heavy atom. The molecule has 1 atom stereocenters. The van der Waals surface area contributed by atoms with Gasteiger partial charge in [0.15, 0.2) is 6.61 Å². The molecule has 0 spiro atoms. The molecule has 1 aromatic carbocycles. The molecule has 1 saturated heterocycles. The zero-order valence-corrected chi connectivity index (χ0v) is 11.7. The molecule has 1 heterocycles. The van der Waals surface area contributed by atoms with Crippen LogP contribution in [0.25, 0.3) is 0 Å². The van der Waals surface area contributed by atoms with Crippen molar-refractivity contribution >= 4 is 5.97 Å². The molecule has 0 aliphatic carbocycles.